The fourth-order valence-corrected chi connectivity index (χ4v) is 2.04. The monoisotopic (exact) mass is 180 g/mol. The first-order valence-corrected chi connectivity index (χ1v) is 5.28. The Labute approximate surface area is 81.2 Å². The molecule has 0 aromatic carbocycles. The topological polar surface area (TPSA) is 17.1 Å². The van der Waals surface area contributed by atoms with Crippen LogP contribution in [-0.2, 0) is 4.79 Å². The van der Waals surface area contributed by atoms with Crippen LogP contribution in [0, 0.1) is 17.8 Å². The molecule has 0 aromatic heterocycles. The molecule has 13 heavy (non-hydrogen) atoms. The van der Waals surface area contributed by atoms with Gasteiger partial charge in [-0.25, -0.2) is 0 Å². The second-order valence-corrected chi connectivity index (χ2v) is 4.57. The van der Waals surface area contributed by atoms with Crippen molar-refractivity contribution in [3.05, 3.63) is 11.6 Å². The van der Waals surface area contributed by atoms with Crippen molar-refractivity contribution in [1.29, 1.82) is 0 Å². The lowest BCUT2D eigenvalue weighted by atomic mass is 9.94. The van der Waals surface area contributed by atoms with Crippen LogP contribution >= 0.6 is 0 Å². The minimum absolute atomic E-state index is 0.112. The second kappa shape index (κ2) is 4.59. The number of aldehydes is 1. The van der Waals surface area contributed by atoms with Crippen LogP contribution < -0.4 is 0 Å². The Bertz CT molecular complexity index is 203. The van der Waals surface area contributed by atoms with Crippen molar-refractivity contribution in [2.24, 2.45) is 17.8 Å². The van der Waals surface area contributed by atoms with E-state index in [0.717, 1.165) is 18.1 Å². The van der Waals surface area contributed by atoms with Crippen molar-refractivity contribution in [1.82, 2.24) is 0 Å². The van der Waals surface area contributed by atoms with Crippen LogP contribution in [0.15, 0.2) is 11.6 Å². The maximum absolute atomic E-state index is 10.5. The highest BCUT2D eigenvalue weighted by atomic mass is 16.1. The van der Waals surface area contributed by atoms with Gasteiger partial charge in [0.2, 0.25) is 0 Å². The minimum Gasteiger partial charge on any atom is -0.303 e. The molecule has 1 saturated carbocycles. The fraction of sp³-hybridized carbons (Fsp3) is 0.750. The third-order valence-corrected chi connectivity index (χ3v) is 3.02. The average Bonchev–Trinajstić information content (AvgIpc) is 2.52. The van der Waals surface area contributed by atoms with E-state index >= 15 is 0 Å². The number of allylic oxidation sites excluding steroid dienone is 2. The summed E-state index contributed by atoms with van der Waals surface area (Å²) in [5, 5.41) is 0. The summed E-state index contributed by atoms with van der Waals surface area (Å²) in [7, 11) is 0. The Balaban J connectivity index is 2.49. The molecule has 1 heteroatoms. The lowest BCUT2D eigenvalue weighted by Gasteiger charge is -2.11. The van der Waals surface area contributed by atoms with Crippen LogP contribution in [0.3, 0.4) is 0 Å². The Morgan fingerprint density at radius 3 is 2.54 bits per heavy atom. The molecule has 2 unspecified atom stereocenters. The van der Waals surface area contributed by atoms with Gasteiger partial charge < -0.3 is 4.79 Å². The van der Waals surface area contributed by atoms with Crippen LogP contribution in [0.5, 0.6) is 0 Å². The third-order valence-electron chi connectivity index (χ3n) is 3.02. The van der Waals surface area contributed by atoms with Crippen LogP contribution in [0.1, 0.15) is 40.0 Å². The molecule has 0 amide bonds. The Kier molecular flexibility index (Phi) is 3.71. The van der Waals surface area contributed by atoms with Crippen molar-refractivity contribution < 1.29 is 4.79 Å². The van der Waals surface area contributed by atoms with Crippen molar-refractivity contribution >= 4 is 6.29 Å². The van der Waals surface area contributed by atoms with Crippen LogP contribution in [0.25, 0.3) is 0 Å². The van der Waals surface area contributed by atoms with Gasteiger partial charge in [0, 0.05) is 5.92 Å². The lowest BCUT2D eigenvalue weighted by Crippen LogP contribution is -2.02. The maximum atomic E-state index is 10.5. The maximum Gasteiger partial charge on any atom is 0.126 e. The highest BCUT2D eigenvalue weighted by Gasteiger charge is 2.21. The van der Waals surface area contributed by atoms with Gasteiger partial charge in [-0.15, -0.1) is 0 Å². The molecule has 1 rings (SSSR count). The summed E-state index contributed by atoms with van der Waals surface area (Å²) >= 11 is 0. The smallest absolute Gasteiger partial charge is 0.126 e. The fourth-order valence-electron chi connectivity index (χ4n) is 2.04. The van der Waals surface area contributed by atoms with Crippen molar-refractivity contribution in [3.8, 4) is 0 Å². The second-order valence-electron chi connectivity index (χ2n) is 4.57. The third kappa shape index (κ3) is 2.98. The summed E-state index contributed by atoms with van der Waals surface area (Å²) in [5.74, 6) is 1.75. The van der Waals surface area contributed by atoms with Gasteiger partial charge in [-0.1, -0.05) is 32.4 Å². The zero-order chi connectivity index (χ0) is 9.84. The average molecular weight is 180 g/mol. The standard InChI is InChI=1S/C12H20O/c1-9(2)12-5-4-11(7-12)6-10(3)8-13/h6,8-10,12H,4-5,7H2,1-3H3. The lowest BCUT2D eigenvalue weighted by molar-refractivity contribution is -0.109. The molecule has 0 radical (unpaired) electrons. The molecule has 0 aliphatic heterocycles. The zero-order valence-electron chi connectivity index (χ0n) is 8.92. The number of hydrogen-bond donors (Lipinski definition) is 0. The molecule has 2 atom stereocenters. The molecule has 1 nitrogen and oxygen atoms in total. The van der Waals surface area contributed by atoms with E-state index in [1.54, 1.807) is 0 Å². The summed E-state index contributed by atoms with van der Waals surface area (Å²) in [6.45, 7) is 6.54. The van der Waals surface area contributed by atoms with Crippen molar-refractivity contribution in [2.45, 2.75) is 40.0 Å². The van der Waals surface area contributed by atoms with E-state index in [1.165, 1.54) is 24.8 Å². The van der Waals surface area contributed by atoms with Gasteiger partial charge in [-0.05, 0) is 31.1 Å². The first-order chi connectivity index (χ1) is 6.13. The first kappa shape index (κ1) is 10.5. The minimum atomic E-state index is 0.112. The normalized spacial score (nSPS) is 28.3. The summed E-state index contributed by atoms with van der Waals surface area (Å²) in [6, 6.07) is 0. The van der Waals surface area contributed by atoms with Crippen LogP contribution in [0.4, 0.5) is 0 Å². The molecular weight excluding hydrogens is 160 g/mol. The van der Waals surface area contributed by atoms with E-state index in [-0.39, 0.29) is 5.92 Å². The molecule has 0 N–H and O–H groups in total. The van der Waals surface area contributed by atoms with E-state index in [9.17, 15) is 4.79 Å². The molecule has 1 aliphatic rings. The van der Waals surface area contributed by atoms with E-state index < -0.39 is 0 Å². The van der Waals surface area contributed by atoms with Gasteiger partial charge >= 0.3 is 0 Å². The van der Waals surface area contributed by atoms with Gasteiger partial charge in [0.15, 0.2) is 0 Å². The Hall–Kier alpha value is -0.590. The highest BCUT2D eigenvalue weighted by molar-refractivity contribution is 5.56. The van der Waals surface area contributed by atoms with E-state index in [2.05, 4.69) is 19.9 Å². The molecule has 1 aliphatic carbocycles. The summed E-state index contributed by atoms with van der Waals surface area (Å²) in [5.41, 5.74) is 1.50. The van der Waals surface area contributed by atoms with E-state index in [0.29, 0.717) is 0 Å². The molecule has 0 heterocycles. The van der Waals surface area contributed by atoms with Crippen LogP contribution in [-0.4, -0.2) is 6.29 Å². The molecule has 0 saturated heterocycles. The van der Waals surface area contributed by atoms with E-state index in [1.807, 2.05) is 6.92 Å². The summed E-state index contributed by atoms with van der Waals surface area (Å²) < 4.78 is 0. The predicted molar refractivity (Wildman–Crippen MR) is 55.5 cm³/mol. The number of carbonyl (C=O) groups excluding carboxylic acids is 1. The molecule has 0 bridgehead atoms. The SMILES string of the molecule is CC(C=O)C=C1CCC(C(C)C)C1. The number of rotatable bonds is 3. The van der Waals surface area contributed by atoms with Gasteiger partial charge in [-0.3, -0.25) is 0 Å². The summed E-state index contributed by atoms with van der Waals surface area (Å²) in [6.07, 6.45) is 6.91. The van der Waals surface area contributed by atoms with Gasteiger partial charge in [-0.2, -0.15) is 0 Å². The molecule has 74 valence electrons. The molecular formula is C12H20O. The molecule has 0 spiro atoms. The molecule has 0 aromatic rings. The van der Waals surface area contributed by atoms with Crippen molar-refractivity contribution in [3.63, 3.8) is 0 Å². The summed E-state index contributed by atoms with van der Waals surface area (Å²) in [4.78, 5) is 10.5. The Morgan fingerprint density at radius 2 is 2.08 bits per heavy atom. The number of hydrogen-bond acceptors (Lipinski definition) is 1. The molecule has 1 fully saturated rings. The largest absolute Gasteiger partial charge is 0.303 e. The highest BCUT2D eigenvalue weighted by Crippen LogP contribution is 2.35. The van der Waals surface area contributed by atoms with Gasteiger partial charge in [0.1, 0.15) is 6.29 Å². The van der Waals surface area contributed by atoms with Gasteiger partial charge in [0.25, 0.3) is 0 Å². The zero-order valence-corrected chi connectivity index (χ0v) is 8.92. The first-order valence-electron chi connectivity index (χ1n) is 5.28. The van der Waals surface area contributed by atoms with Crippen LogP contribution in [0.2, 0.25) is 0 Å². The quantitative estimate of drug-likeness (QED) is 0.481. The number of carbonyl (C=O) groups is 1. The van der Waals surface area contributed by atoms with Gasteiger partial charge in [0.05, 0.1) is 0 Å². The Morgan fingerprint density at radius 1 is 1.38 bits per heavy atom. The van der Waals surface area contributed by atoms with Crippen molar-refractivity contribution in [2.75, 3.05) is 0 Å². The van der Waals surface area contributed by atoms with E-state index in [4.69, 9.17) is 0 Å². The predicted octanol–water partition coefficient (Wildman–Crippen LogP) is 3.20.